The fraction of sp³-hybridized carbons (Fsp3) is 0.444. The minimum atomic E-state index is -4.50. The van der Waals surface area contributed by atoms with Crippen molar-refractivity contribution in [1.82, 2.24) is 9.97 Å². The van der Waals surface area contributed by atoms with Crippen LogP contribution in [0.3, 0.4) is 0 Å². The Kier molecular flexibility index (Phi) is 3.54. The lowest BCUT2D eigenvalue weighted by atomic mass is 10.3. The summed E-state index contributed by atoms with van der Waals surface area (Å²) in [7, 11) is 0. The van der Waals surface area contributed by atoms with Crippen LogP contribution in [-0.4, -0.2) is 28.1 Å². The summed E-state index contributed by atoms with van der Waals surface area (Å²) in [4.78, 5) is 7.29. The number of aromatic nitrogens is 2. The Morgan fingerprint density at radius 1 is 1.47 bits per heavy atom. The lowest BCUT2D eigenvalue weighted by Gasteiger charge is -2.16. The monoisotopic (exact) mass is 248 g/mol. The first kappa shape index (κ1) is 13.2. The number of alkyl halides is 3. The second kappa shape index (κ2) is 4.56. The van der Waals surface area contributed by atoms with E-state index < -0.39 is 18.3 Å². The predicted octanol–water partition coefficient (Wildman–Crippen LogP) is 1.40. The molecule has 1 rings (SSSR count). The number of ether oxygens (including phenoxy) is 1. The van der Waals surface area contributed by atoms with Gasteiger partial charge in [-0.15, -0.1) is 0 Å². The van der Waals surface area contributed by atoms with Crippen LogP contribution in [0.5, 0.6) is 6.01 Å². The number of nitrogens with zero attached hydrogens (tertiary/aromatic N) is 2. The highest BCUT2D eigenvalue weighted by Crippen LogP contribution is 2.23. The van der Waals surface area contributed by atoms with Crippen molar-refractivity contribution in [2.45, 2.75) is 26.1 Å². The molecule has 0 aliphatic rings. The molecule has 1 aromatic heterocycles. The number of nitrogen functional groups attached to an aromatic ring is 1. The van der Waals surface area contributed by atoms with Crippen LogP contribution in [0.4, 0.5) is 13.2 Å². The van der Waals surface area contributed by atoms with Crippen molar-refractivity contribution in [1.29, 1.82) is 5.41 Å². The molecule has 1 heterocycles. The molecular formula is C9H11F3N4O. The Balaban J connectivity index is 2.96. The number of aryl methyl sites for hydroxylation is 1. The highest BCUT2D eigenvalue weighted by atomic mass is 19.4. The summed E-state index contributed by atoms with van der Waals surface area (Å²) in [5.41, 5.74) is 5.58. The van der Waals surface area contributed by atoms with Gasteiger partial charge in [-0.1, -0.05) is 0 Å². The molecule has 0 saturated heterocycles. The first-order chi connectivity index (χ1) is 7.70. The van der Waals surface area contributed by atoms with Crippen LogP contribution in [0.15, 0.2) is 6.07 Å². The average molecular weight is 248 g/mol. The van der Waals surface area contributed by atoms with Crippen molar-refractivity contribution in [2.24, 2.45) is 5.73 Å². The molecular weight excluding hydrogens is 237 g/mol. The first-order valence-corrected chi connectivity index (χ1v) is 4.63. The Hall–Kier alpha value is -1.86. The molecule has 5 nitrogen and oxygen atoms in total. The Morgan fingerprint density at radius 3 is 2.53 bits per heavy atom. The van der Waals surface area contributed by atoms with E-state index in [9.17, 15) is 13.2 Å². The van der Waals surface area contributed by atoms with Crippen molar-refractivity contribution in [3.05, 3.63) is 17.5 Å². The summed E-state index contributed by atoms with van der Waals surface area (Å²) in [6, 6.07) is 0.938. The largest absolute Gasteiger partial charge is 0.451 e. The van der Waals surface area contributed by atoms with E-state index >= 15 is 0 Å². The molecule has 0 aromatic carbocycles. The van der Waals surface area contributed by atoms with E-state index in [1.807, 2.05) is 0 Å². The molecule has 0 bridgehead atoms. The maximum atomic E-state index is 12.2. The molecule has 0 saturated carbocycles. The van der Waals surface area contributed by atoms with Crippen LogP contribution in [0.2, 0.25) is 0 Å². The standard InChI is InChI=1S/C9H11F3N4O/c1-4-3-6(7(13)14)16-8(15-4)17-5(2)9(10,11)12/h3,5H,1-2H3,(H3,13,14). The topological polar surface area (TPSA) is 84.9 Å². The van der Waals surface area contributed by atoms with Gasteiger partial charge in [-0.3, -0.25) is 5.41 Å². The van der Waals surface area contributed by atoms with Crippen molar-refractivity contribution >= 4 is 5.84 Å². The molecule has 17 heavy (non-hydrogen) atoms. The summed E-state index contributed by atoms with van der Waals surface area (Å²) < 4.78 is 41.3. The van der Waals surface area contributed by atoms with Gasteiger partial charge >= 0.3 is 12.2 Å². The highest BCUT2D eigenvalue weighted by Gasteiger charge is 2.38. The molecule has 8 heteroatoms. The molecule has 0 amide bonds. The minimum Gasteiger partial charge on any atom is -0.451 e. The number of nitrogens with one attached hydrogen (secondary N) is 1. The zero-order valence-electron chi connectivity index (χ0n) is 9.17. The quantitative estimate of drug-likeness (QED) is 0.625. The second-order valence-electron chi connectivity index (χ2n) is 3.39. The number of nitrogens with two attached hydrogens (primary N) is 1. The van der Waals surface area contributed by atoms with E-state index in [-0.39, 0.29) is 11.5 Å². The summed E-state index contributed by atoms with van der Waals surface area (Å²) in [5, 5.41) is 7.14. The van der Waals surface area contributed by atoms with Gasteiger partial charge in [0.05, 0.1) is 0 Å². The van der Waals surface area contributed by atoms with Gasteiger partial charge in [0.2, 0.25) is 0 Å². The number of amidine groups is 1. The molecule has 0 aliphatic carbocycles. The fourth-order valence-electron chi connectivity index (χ4n) is 0.957. The van der Waals surface area contributed by atoms with Crippen LogP contribution >= 0.6 is 0 Å². The summed E-state index contributed by atoms with van der Waals surface area (Å²) in [5.74, 6) is -0.361. The first-order valence-electron chi connectivity index (χ1n) is 4.63. The molecule has 1 unspecified atom stereocenters. The number of rotatable bonds is 3. The minimum absolute atomic E-state index is 0.0295. The SMILES string of the molecule is Cc1cc(C(=N)N)nc(OC(C)C(F)(F)F)n1. The van der Waals surface area contributed by atoms with Crippen molar-refractivity contribution in [2.75, 3.05) is 0 Å². The second-order valence-corrected chi connectivity index (χ2v) is 3.39. The normalized spacial score (nSPS) is 13.2. The summed E-state index contributed by atoms with van der Waals surface area (Å²) in [6.45, 7) is 2.39. The van der Waals surface area contributed by atoms with Crippen molar-refractivity contribution in [3.8, 4) is 6.01 Å². The van der Waals surface area contributed by atoms with Gasteiger partial charge in [0.15, 0.2) is 6.10 Å². The van der Waals surface area contributed by atoms with Gasteiger partial charge in [-0.25, -0.2) is 4.98 Å². The van der Waals surface area contributed by atoms with E-state index in [1.165, 1.54) is 6.07 Å². The van der Waals surface area contributed by atoms with E-state index in [2.05, 4.69) is 14.7 Å². The summed E-state index contributed by atoms with van der Waals surface area (Å²) >= 11 is 0. The maximum Gasteiger partial charge on any atom is 0.425 e. The molecule has 1 atom stereocenters. The Morgan fingerprint density at radius 2 is 2.06 bits per heavy atom. The molecule has 1 aromatic rings. The molecule has 0 spiro atoms. The Bertz CT molecular complexity index is 433. The van der Waals surface area contributed by atoms with E-state index in [0.29, 0.717) is 5.69 Å². The Labute approximate surface area is 95.3 Å². The zero-order chi connectivity index (χ0) is 13.2. The van der Waals surface area contributed by atoms with E-state index in [0.717, 1.165) is 6.92 Å². The van der Waals surface area contributed by atoms with Gasteiger partial charge in [-0.2, -0.15) is 18.2 Å². The maximum absolute atomic E-state index is 12.2. The van der Waals surface area contributed by atoms with Gasteiger partial charge in [0, 0.05) is 5.69 Å². The fourth-order valence-corrected chi connectivity index (χ4v) is 0.957. The van der Waals surface area contributed by atoms with Crippen molar-refractivity contribution < 1.29 is 17.9 Å². The third kappa shape index (κ3) is 3.58. The van der Waals surface area contributed by atoms with Crippen LogP contribution in [-0.2, 0) is 0 Å². The van der Waals surface area contributed by atoms with Crippen molar-refractivity contribution in [3.63, 3.8) is 0 Å². The number of halogens is 3. The highest BCUT2D eigenvalue weighted by molar-refractivity contribution is 5.93. The van der Waals surface area contributed by atoms with E-state index in [1.54, 1.807) is 6.92 Å². The predicted molar refractivity (Wildman–Crippen MR) is 53.9 cm³/mol. The van der Waals surface area contributed by atoms with Crippen LogP contribution in [0.1, 0.15) is 18.3 Å². The van der Waals surface area contributed by atoms with Crippen LogP contribution in [0.25, 0.3) is 0 Å². The molecule has 94 valence electrons. The third-order valence-electron chi connectivity index (χ3n) is 1.85. The van der Waals surface area contributed by atoms with E-state index in [4.69, 9.17) is 11.1 Å². The molecule has 3 N–H and O–H groups in total. The molecule has 0 fully saturated rings. The van der Waals surface area contributed by atoms with Crippen LogP contribution in [0, 0.1) is 12.3 Å². The van der Waals surface area contributed by atoms with Gasteiger partial charge in [0.1, 0.15) is 11.5 Å². The molecule has 0 radical (unpaired) electrons. The van der Waals surface area contributed by atoms with Gasteiger partial charge < -0.3 is 10.5 Å². The lowest BCUT2D eigenvalue weighted by Crippen LogP contribution is -2.32. The average Bonchev–Trinajstić information content (AvgIpc) is 2.14. The number of hydrogen-bond acceptors (Lipinski definition) is 4. The zero-order valence-corrected chi connectivity index (χ0v) is 9.17. The smallest absolute Gasteiger partial charge is 0.425 e. The van der Waals surface area contributed by atoms with Crippen LogP contribution < -0.4 is 10.5 Å². The van der Waals surface area contributed by atoms with Gasteiger partial charge in [0.25, 0.3) is 0 Å². The number of hydrogen-bond donors (Lipinski definition) is 2. The van der Waals surface area contributed by atoms with Gasteiger partial charge in [-0.05, 0) is 19.9 Å². The molecule has 0 aliphatic heterocycles. The summed E-state index contributed by atoms with van der Waals surface area (Å²) in [6.07, 6.45) is -6.52. The third-order valence-corrected chi connectivity index (χ3v) is 1.85. The lowest BCUT2D eigenvalue weighted by molar-refractivity contribution is -0.190.